The van der Waals surface area contributed by atoms with E-state index in [4.69, 9.17) is 10.1 Å². The van der Waals surface area contributed by atoms with Gasteiger partial charge in [-0.3, -0.25) is 10.2 Å². The Morgan fingerprint density at radius 1 is 1.26 bits per heavy atom. The number of aliphatic hydroxyl groups is 1. The number of nitrogens with one attached hydrogen (secondary N) is 3. The minimum atomic E-state index is -4.90. The van der Waals surface area contributed by atoms with E-state index in [2.05, 4.69) is 10.3 Å². The molecule has 0 radical (unpaired) electrons. The van der Waals surface area contributed by atoms with E-state index in [1.165, 1.54) is 24.3 Å². The zero-order valence-electron chi connectivity index (χ0n) is 19.4. The number of aromatic amines is 1. The maximum Gasteiger partial charge on any atom is 0.432 e. The lowest BCUT2D eigenvalue weighted by Gasteiger charge is -2.13. The van der Waals surface area contributed by atoms with Gasteiger partial charge in [-0.1, -0.05) is 12.1 Å². The van der Waals surface area contributed by atoms with Gasteiger partial charge in [-0.05, 0) is 49.5 Å². The third-order valence-corrected chi connectivity index (χ3v) is 5.92. The van der Waals surface area contributed by atoms with Gasteiger partial charge in [0.2, 0.25) is 0 Å². The molecule has 2 rings (SSSR count). The topological polar surface area (TPSA) is 136 Å². The summed E-state index contributed by atoms with van der Waals surface area (Å²) in [7, 11) is -0.0815. The number of halogens is 3. The van der Waals surface area contributed by atoms with Crippen LogP contribution in [-0.2, 0) is 26.0 Å². The first kappa shape index (κ1) is 28.1. The molecule has 0 saturated carbocycles. The SMILES string of the molecule is CN(C)CCOC(=O)CN/C(=C\C(=N)C(F)(F)F)c1ccc(-c2ccc(CO)c(S(C)(=O)=O)c2)[nH]1. The number of allylic oxidation sites excluding steroid dienone is 1. The van der Waals surface area contributed by atoms with Crippen LogP contribution in [0.2, 0.25) is 0 Å². The fourth-order valence-electron chi connectivity index (χ4n) is 2.93. The fraction of sp³-hybridized carbons (Fsp3) is 0.364. The smallest absolute Gasteiger partial charge is 0.432 e. The standard InChI is InChI=1S/C22H27F3N4O5S/c1-29(2)8-9-34-21(31)12-27-18(11-20(26)22(23,24)25)17-7-6-16(28-17)14-4-5-15(13-30)19(10-14)35(3,32)33/h4-7,10-11,26-28,30H,8-9,12-13H2,1-3H3/b18-11-,26-20?. The number of carbonyl (C=O) groups is 1. The van der Waals surface area contributed by atoms with E-state index in [0.29, 0.717) is 23.9 Å². The van der Waals surface area contributed by atoms with Crippen LogP contribution in [0, 0.1) is 5.41 Å². The summed E-state index contributed by atoms with van der Waals surface area (Å²) in [5, 5.41) is 19.3. The zero-order valence-corrected chi connectivity index (χ0v) is 20.2. The second-order valence-corrected chi connectivity index (χ2v) is 9.87. The third kappa shape index (κ3) is 8.23. The molecule has 0 atom stereocenters. The van der Waals surface area contributed by atoms with Gasteiger partial charge in [-0.2, -0.15) is 13.2 Å². The monoisotopic (exact) mass is 516 g/mol. The van der Waals surface area contributed by atoms with Gasteiger partial charge in [-0.25, -0.2) is 8.42 Å². The molecule has 1 aromatic heterocycles. The minimum Gasteiger partial charge on any atom is -0.463 e. The van der Waals surface area contributed by atoms with Crippen molar-refractivity contribution in [2.24, 2.45) is 0 Å². The summed E-state index contributed by atoms with van der Waals surface area (Å²) >= 11 is 0. The van der Waals surface area contributed by atoms with E-state index >= 15 is 0 Å². The molecule has 0 aliphatic rings. The number of nitrogens with zero attached hydrogens (tertiary/aromatic N) is 1. The highest BCUT2D eigenvalue weighted by Crippen LogP contribution is 2.27. The van der Waals surface area contributed by atoms with Crippen LogP contribution in [0.3, 0.4) is 0 Å². The van der Waals surface area contributed by atoms with Crippen molar-refractivity contribution in [3.63, 3.8) is 0 Å². The van der Waals surface area contributed by atoms with Crippen LogP contribution in [-0.4, -0.2) is 81.3 Å². The zero-order chi connectivity index (χ0) is 26.4. The molecule has 13 heteroatoms. The number of alkyl halides is 3. The van der Waals surface area contributed by atoms with E-state index in [1.54, 1.807) is 25.1 Å². The van der Waals surface area contributed by atoms with Crippen LogP contribution in [0.25, 0.3) is 17.0 Å². The van der Waals surface area contributed by atoms with Gasteiger partial charge in [0.05, 0.1) is 22.9 Å². The highest BCUT2D eigenvalue weighted by molar-refractivity contribution is 7.90. The molecule has 4 N–H and O–H groups in total. The number of H-pyrrole nitrogens is 1. The fourth-order valence-corrected chi connectivity index (χ4v) is 3.88. The van der Waals surface area contributed by atoms with Crippen LogP contribution >= 0.6 is 0 Å². The van der Waals surface area contributed by atoms with Crippen LogP contribution in [0.1, 0.15) is 11.3 Å². The predicted octanol–water partition coefficient (Wildman–Crippen LogP) is 2.19. The summed E-state index contributed by atoms with van der Waals surface area (Å²) in [5.74, 6) is -0.694. The molecule has 1 heterocycles. The summed E-state index contributed by atoms with van der Waals surface area (Å²) in [6.07, 6.45) is -3.37. The van der Waals surface area contributed by atoms with Gasteiger partial charge in [-0.15, -0.1) is 0 Å². The van der Waals surface area contributed by atoms with Crippen molar-refractivity contribution in [2.75, 3.05) is 40.0 Å². The maximum absolute atomic E-state index is 13.0. The number of esters is 1. The van der Waals surface area contributed by atoms with Crippen molar-refractivity contribution in [3.05, 3.63) is 47.7 Å². The Morgan fingerprint density at radius 3 is 2.51 bits per heavy atom. The first-order valence-corrected chi connectivity index (χ1v) is 12.2. The van der Waals surface area contributed by atoms with Gasteiger partial charge in [0.1, 0.15) is 18.9 Å². The number of aromatic nitrogens is 1. The summed E-state index contributed by atoms with van der Waals surface area (Å²) in [4.78, 5) is 16.6. The number of carbonyl (C=O) groups excluding carboxylic acids is 1. The van der Waals surface area contributed by atoms with E-state index in [-0.39, 0.29) is 28.5 Å². The average Bonchev–Trinajstić information content (AvgIpc) is 3.24. The van der Waals surface area contributed by atoms with Crippen molar-refractivity contribution < 1.29 is 36.2 Å². The number of hydrogen-bond donors (Lipinski definition) is 4. The molecule has 0 aliphatic heterocycles. The first-order chi connectivity index (χ1) is 16.2. The van der Waals surface area contributed by atoms with Crippen molar-refractivity contribution in [2.45, 2.75) is 17.7 Å². The molecule has 0 aliphatic carbocycles. The Bertz CT molecular complexity index is 1200. The first-order valence-electron chi connectivity index (χ1n) is 10.3. The Kier molecular flexibility index (Phi) is 9.24. The molecular weight excluding hydrogens is 489 g/mol. The van der Waals surface area contributed by atoms with Gasteiger partial charge in [0.15, 0.2) is 9.84 Å². The summed E-state index contributed by atoms with van der Waals surface area (Å²) in [6, 6.07) is 7.26. The number of hydrogen-bond acceptors (Lipinski definition) is 8. The van der Waals surface area contributed by atoms with Gasteiger partial charge in [0.25, 0.3) is 0 Å². The number of rotatable bonds is 11. The van der Waals surface area contributed by atoms with Crippen LogP contribution in [0.5, 0.6) is 0 Å². The van der Waals surface area contributed by atoms with Gasteiger partial charge in [0, 0.05) is 18.5 Å². The molecule has 0 amide bonds. The lowest BCUT2D eigenvalue weighted by molar-refractivity contribution is -0.142. The molecule has 0 unspecified atom stereocenters. The van der Waals surface area contributed by atoms with E-state index in [0.717, 1.165) is 6.26 Å². The largest absolute Gasteiger partial charge is 0.463 e. The van der Waals surface area contributed by atoms with E-state index < -0.39 is 40.8 Å². The maximum atomic E-state index is 13.0. The Balaban J connectivity index is 2.34. The minimum absolute atomic E-state index is 0.0816. The van der Waals surface area contributed by atoms with E-state index in [9.17, 15) is 31.5 Å². The normalized spacial score (nSPS) is 12.6. The quantitative estimate of drug-likeness (QED) is 0.266. The molecule has 9 nitrogen and oxygen atoms in total. The third-order valence-electron chi connectivity index (χ3n) is 4.74. The molecule has 2 aromatic rings. The molecule has 192 valence electrons. The molecule has 0 bridgehead atoms. The predicted molar refractivity (Wildman–Crippen MR) is 125 cm³/mol. The summed E-state index contributed by atoms with van der Waals surface area (Å²) < 4.78 is 68.1. The Morgan fingerprint density at radius 2 is 1.94 bits per heavy atom. The highest BCUT2D eigenvalue weighted by atomic mass is 32.2. The molecule has 35 heavy (non-hydrogen) atoms. The van der Waals surface area contributed by atoms with Gasteiger partial charge >= 0.3 is 12.1 Å². The summed E-state index contributed by atoms with van der Waals surface area (Å²) in [6.45, 7) is -0.358. The van der Waals surface area contributed by atoms with Crippen molar-refractivity contribution in [1.82, 2.24) is 15.2 Å². The van der Waals surface area contributed by atoms with Crippen LogP contribution < -0.4 is 5.32 Å². The van der Waals surface area contributed by atoms with Crippen molar-refractivity contribution in [1.29, 1.82) is 5.41 Å². The molecule has 0 saturated heterocycles. The molecular formula is C22H27F3N4O5S. The lowest BCUT2D eigenvalue weighted by atomic mass is 10.1. The average molecular weight is 517 g/mol. The van der Waals surface area contributed by atoms with Crippen LogP contribution in [0.15, 0.2) is 41.3 Å². The van der Waals surface area contributed by atoms with Crippen molar-refractivity contribution in [3.8, 4) is 11.3 Å². The lowest BCUT2D eigenvalue weighted by Crippen LogP contribution is -2.28. The van der Waals surface area contributed by atoms with Gasteiger partial charge < -0.3 is 25.0 Å². The number of likely N-dealkylation sites (N-methyl/N-ethyl adjacent to an activating group) is 1. The second-order valence-electron chi connectivity index (χ2n) is 7.89. The number of sulfone groups is 1. The van der Waals surface area contributed by atoms with Crippen LogP contribution in [0.4, 0.5) is 13.2 Å². The van der Waals surface area contributed by atoms with E-state index in [1.807, 2.05) is 0 Å². The summed E-state index contributed by atoms with van der Waals surface area (Å²) in [5.41, 5.74) is -0.711. The molecule has 0 fully saturated rings. The number of aliphatic hydroxyl groups excluding tert-OH is 1. The number of ether oxygens (including phenoxy) is 1. The number of benzene rings is 1. The second kappa shape index (κ2) is 11.5. The highest BCUT2D eigenvalue weighted by Gasteiger charge is 2.33. The Hall–Kier alpha value is -3.16. The molecule has 1 aromatic carbocycles. The Labute approximate surface area is 201 Å². The van der Waals surface area contributed by atoms with Crippen molar-refractivity contribution >= 4 is 27.2 Å². The molecule has 0 spiro atoms.